The van der Waals surface area contributed by atoms with Crippen molar-refractivity contribution in [2.45, 2.75) is 46.0 Å². The Labute approximate surface area is 157 Å². The standard InChI is InChI=1S/C21H23FN4O/c1-13-11-23-21-19(16-7-8-17(22)14(2)9-16)20(25-26(21)12-13)24-18(27)10-15-5-3-4-6-15/h7-9,11-12,15H,3-6,10H2,1-2H3,(H,24,25,27). The molecule has 0 bridgehead atoms. The number of aryl methyl sites for hydroxylation is 2. The monoisotopic (exact) mass is 366 g/mol. The van der Waals surface area contributed by atoms with Crippen LogP contribution in [0.3, 0.4) is 0 Å². The van der Waals surface area contributed by atoms with Crippen LogP contribution in [0.4, 0.5) is 10.2 Å². The number of hydrogen-bond acceptors (Lipinski definition) is 3. The molecule has 0 spiro atoms. The van der Waals surface area contributed by atoms with Crippen molar-refractivity contribution in [3.05, 3.63) is 47.5 Å². The molecule has 5 nitrogen and oxygen atoms in total. The third kappa shape index (κ3) is 3.56. The van der Waals surface area contributed by atoms with Gasteiger partial charge >= 0.3 is 0 Å². The smallest absolute Gasteiger partial charge is 0.225 e. The molecule has 0 unspecified atom stereocenters. The van der Waals surface area contributed by atoms with Gasteiger partial charge in [0, 0.05) is 18.8 Å². The fourth-order valence-electron chi connectivity index (χ4n) is 3.84. The van der Waals surface area contributed by atoms with Gasteiger partial charge in [-0.05, 0) is 61.4 Å². The molecule has 140 valence electrons. The Hall–Kier alpha value is -2.76. The quantitative estimate of drug-likeness (QED) is 0.730. The van der Waals surface area contributed by atoms with Gasteiger partial charge in [-0.2, -0.15) is 0 Å². The number of nitrogens with zero attached hydrogens (tertiary/aromatic N) is 3. The van der Waals surface area contributed by atoms with E-state index in [4.69, 9.17) is 0 Å². The first-order valence-electron chi connectivity index (χ1n) is 9.42. The minimum atomic E-state index is -0.258. The molecule has 1 aliphatic carbocycles. The number of anilines is 1. The second kappa shape index (κ2) is 7.10. The number of fused-ring (bicyclic) bond motifs is 1. The minimum absolute atomic E-state index is 0.0258. The molecule has 6 heteroatoms. The third-order valence-electron chi connectivity index (χ3n) is 5.25. The van der Waals surface area contributed by atoms with Gasteiger partial charge in [0.15, 0.2) is 11.5 Å². The molecule has 3 aromatic rings. The molecule has 1 N–H and O–H groups in total. The molecular formula is C21H23FN4O. The first-order chi connectivity index (χ1) is 13.0. The summed E-state index contributed by atoms with van der Waals surface area (Å²) in [6.07, 6.45) is 8.79. The van der Waals surface area contributed by atoms with E-state index < -0.39 is 0 Å². The molecule has 1 aliphatic rings. The van der Waals surface area contributed by atoms with Gasteiger partial charge in [-0.1, -0.05) is 18.9 Å². The number of hydrogen-bond donors (Lipinski definition) is 1. The van der Waals surface area contributed by atoms with Gasteiger partial charge in [0.2, 0.25) is 5.91 Å². The lowest BCUT2D eigenvalue weighted by Crippen LogP contribution is -2.16. The highest BCUT2D eigenvalue weighted by Gasteiger charge is 2.22. The maximum absolute atomic E-state index is 13.7. The first-order valence-corrected chi connectivity index (χ1v) is 9.42. The summed E-state index contributed by atoms with van der Waals surface area (Å²) in [5.41, 5.74) is 3.66. The topological polar surface area (TPSA) is 59.3 Å². The SMILES string of the molecule is Cc1cnc2c(-c3ccc(F)c(C)c3)c(NC(=O)CC3CCCC3)nn2c1. The lowest BCUT2D eigenvalue weighted by Gasteiger charge is -2.09. The number of carbonyl (C=O) groups is 1. The number of halogens is 1. The van der Waals surface area contributed by atoms with Gasteiger partial charge in [0.05, 0.1) is 5.56 Å². The maximum Gasteiger partial charge on any atom is 0.225 e. The third-order valence-corrected chi connectivity index (χ3v) is 5.25. The van der Waals surface area contributed by atoms with Crippen LogP contribution in [0.5, 0.6) is 0 Å². The zero-order valence-electron chi connectivity index (χ0n) is 15.6. The average Bonchev–Trinajstić information content (AvgIpc) is 3.24. The second-order valence-electron chi connectivity index (χ2n) is 7.49. The van der Waals surface area contributed by atoms with E-state index in [1.54, 1.807) is 29.8 Å². The van der Waals surface area contributed by atoms with E-state index in [9.17, 15) is 9.18 Å². The van der Waals surface area contributed by atoms with E-state index >= 15 is 0 Å². The van der Waals surface area contributed by atoms with Crippen molar-refractivity contribution in [2.24, 2.45) is 5.92 Å². The Morgan fingerprint density at radius 3 is 2.81 bits per heavy atom. The number of carbonyl (C=O) groups excluding carboxylic acids is 1. The van der Waals surface area contributed by atoms with Crippen LogP contribution in [0, 0.1) is 25.6 Å². The summed E-state index contributed by atoms with van der Waals surface area (Å²) < 4.78 is 15.4. The Morgan fingerprint density at radius 2 is 2.07 bits per heavy atom. The predicted octanol–water partition coefficient (Wildman–Crippen LogP) is 4.67. The van der Waals surface area contributed by atoms with E-state index in [-0.39, 0.29) is 11.7 Å². The Balaban J connectivity index is 1.74. The van der Waals surface area contributed by atoms with Crippen LogP contribution in [0.2, 0.25) is 0 Å². The van der Waals surface area contributed by atoms with Gasteiger partial charge in [0.1, 0.15) is 5.82 Å². The molecule has 2 aromatic heterocycles. The van der Waals surface area contributed by atoms with E-state index in [1.807, 2.05) is 13.1 Å². The van der Waals surface area contributed by atoms with Gasteiger partial charge < -0.3 is 5.32 Å². The molecule has 1 aromatic carbocycles. The summed E-state index contributed by atoms with van der Waals surface area (Å²) in [6.45, 7) is 3.66. The molecule has 0 aliphatic heterocycles. The van der Waals surface area contributed by atoms with Crippen molar-refractivity contribution in [3.8, 4) is 11.1 Å². The van der Waals surface area contributed by atoms with Crippen molar-refractivity contribution in [1.82, 2.24) is 14.6 Å². The normalized spacial score (nSPS) is 14.8. The zero-order chi connectivity index (χ0) is 19.0. The van der Waals surface area contributed by atoms with Crippen LogP contribution in [0.1, 0.15) is 43.2 Å². The molecular weight excluding hydrogens is 343 g/mol. The molecule has 0 saturated heterocycles. The fraction of sp³-hybridized carbons (Fsp3) is 0.381. The minimum Gasteiger partial charge on any atom is -0.309 e. The summed E-state index contributed by atoms with van der Waals surface area (Å²) in [4.78, 5) is 17.1. The Kier molecular flexibility index (Phi) is 4.64. The van der Waals surface area contributed by atoms with Crippen molar-refractivity contribution in [3.63, 3.8) is 0 Å². The molecule has 4 rings (SSSR count). The van der Waals surface area contributed by atoms with Crippen LogP contribution in [0.25, 0.3) is 16.8 Å². The largest absolute Gasteiger partial charge is 0.309 e. The van der Waals surface area contributed by atoms with Crippen molar-refractivity contribution >= 4 is 17.4 Å². The van der Waals surface area contributed by atoms with E-state index in [0.717, 1.165) is 29.5 Å². The summed E-state index contributed by atoms with van der Waals surface area (Å²) in [6, 6.07) is 4.90. The number of amides is 1. The highest BCUT2D eigenvalue weighted by molar-refractivity contribution is 5.98. The Morgan fingerprint density at radius 1 is 1.30 bits per heavy atom. The van der Waals surface area contributed by atoms with Crippen molar-refractivity contribution in [1.29, 1.82) is 0 Å². The van der Waals surface area contributed by atoms with E-state index in [2.05, 4.69) is 15.4 Å². The highest BCUT2D eigenvalue weighted by Crippen LogP contribution is 2.33. The van der Waals surface area contributed by atoms with Crippen LogP contribution >= 0.6 is 0 Å². The van der Waals surface area contributed by atoms with Gasteiger partial charge in [-0.25, -0.2) is 13.9 Å². The van der Waals surface area contributed by atoms with Crippen LogP contribution in [-0.2, 0) is 4.79 Å². The van der Waals surface area contributed by atoms with E-state index in [0.29, 0.717) is 29.4 Å². The van der Waals surface area contributed by atoms with Crippen LogP contribution in [-0.4, -0.2) is 20.5 Å². The molecule has 1 fully saturated rings. The average molecular weight is 366 g/mol. The highest BCUT2D eigenvalue weighted by atomic mass is 19.1. The Bertz CT molecular complexity index is 1000. The number of rotatable bonds is 4. The molecule has 2 heterocycles. The number of nitrogens with one attached hydrogen (secondary N) is 1. The number of aromatic nitrogens is 3. The molecule has 1 saturated carbocycles. The lowest BCUT2D eigenvalue weighted by molar-refractivity contribution is -0.117. The van der Waals surface area contributed by atoms with Crippen molar-refractivity contribution < 1.29 is 9.18 Å². The second-order valence-corrected chi connectivity index (χ2v) is 7.49. The van der Waals surface area contributed by atoms with Gasteiger partial charge in [0.25, 0.3) is 0 Å². The summed E-state index contributed by atoms with van der Waals surface area (Å²) in [5.74, 6) is 0.647. The summed E-state index contributed by atoms with van der Waals surface area (Å²) in [5, 5.41) is 7.52. The first kappa shape index (κ1) is 17.6. The van der Waals surface area contributed by atoms with E-state index in [1.165, 1.54) is 18.9 Å². The molecule has 0 atom stereocenters. The van der Waals surface area contributed by atoms with Gasteiger partial charge in [-0.3, -0.25) is 4.79 Å². The lowest BCUT2D eigenvalue weighted by atomic mass is 10.0. The number of benzene rings is 1. The summed E-state index contributed by atoms with van der Waals surface area (Å²) in [7, 11) is 0. The van der Waals surface area contributed by atoms with Crippen LogP contribution < -0.4 is 5.32 Å². The summed E-state index contributed by atoms with van der Waals surface area (Å²) >= 11 is 0. The van der Waals surface area contributed by atoms with Crippen LogP contribution in [0.15, 0.2) is 30.6 Å². The predicted molar refractivity (Wildman–Crippen MR) is 103 cm³/mol. The molecule has 27 heavy (non-hydrogen) atoms. The zero-order valence-corrected chi connectivity index (χ0v) is 15.6. The van der Waals surface area contributed by atoms with Gasteiger partial charge in [-0.15, -0.1) is 5.10 Å². The molecule has 0 radical (unpaired) electrons. The van der Waals surface area contributed by atoms with Crippen molar-refractivity contribution in [2.75, 3.05) is 5.32 Å². The fourth-order valence-corrected chi connectivity index (χ4v) is 3.84. The maximum atomic E-state index is 13.7. The molecule has 1 amide bonds.